The molecule has 4 heteroatoms. The smallest absolute Gasteiger partial charge is 0.242 e. The van der Waals surface area contributed by atoms with Crippen LogP contribution in [0.15, 0.2) is 48.5 Å². The lowest BCUT2D eigenvalue weighted by Crippen LogP contribution is -2.47. The van der Waals surface area contributed by atoms with Crippen LogP contribution >= 0.6 is 0 Å². The molecule has 0 aliphatic carbocycles. The van der Waals surface area contributed by atoms with Crippen molar-refractivity contribution in [3.8, 4) is 0 Å². The largest absolute Gasteiger partial charge is 0.357 e. The SMILES string of the molecule is CNC(=O)[C@H](C)N(Cc1ccccc1)C(=O)Cc1cc(C)cc(C)c1. The van der Waals surface area contributed by atoms with Crippen molar-refractivity contribution in [2.45, 2.75) is 39.8 Å². The Morgan fingerprint density at radius 2 is 1.60 bits per heavy atom. The molecule has 2 amide bonds. The number of rotatable bonds is 6. The van der Waals surface area contributed by atoms with Crippen LogP contribution in [0.3, 0.4) is 0 Å². The van der Waals surface area contributed by atoms with Crippen molar-refractivity contribution in [2.75, 3.05) is 7.05 Å². The van der Waals surface area contributed by atoms with Gasteiger partial charge in [0, 0.05) is 13.6 Å². The Hall–Kier alpha value is -2.62. The summed E-state index contributed by atoms with van der Waals surface area (Å²) < 4.78 is 0. The van der Waals surface area contributed by atoms with E-state index in [2.05, 4.69) is 11.4 Å². The summed E-state index contributed by atoms with van der Waals surface area (Å²) in [4.78, 5) is 26.7. The quantitative estimate of drug-likeness (QED) is 0.880. The van der Waals surface area contributed by atoms with Crippen molar-refractivity contribution >= 4 is 11.8 Å². The fraction of sp³-hybridized carbons (Fsp3) is 0.333. The molecule has 0 aromatic heterocycles. The van der Waals surface area contributed by atoms with E-state index in [-0.39, 0.29) is 18.2 Å². The maximum Gasteiger partial charge on any atom is 0.242 e. The van der Waals surface area contributed by atoms with Gasteiger partial charge in [0.1, 0.15) is 6.04 Å². The van der Waals surface area contributed by atoms with E-state index in [1.54, 1.807) is 18.9 Å². The number of hydrogen-bond donors (Lipinski definition) is 1. The number of carbonyl (C=O) groups excluding carboxylic acids is 2. The zero-order valence-electron chi connectivity index (χ0n) is 15.4. The van der Waals surface area contributed by atoms with E-state index in [0.717, 1.165) is 22.3 Å². The van der Waals surface area contributed by atoms with Crippen molar-refractivity contribution in [1.29, 1.82) is 0 Å². The first kappa shape index (κ1) is 18.7. The molecular formula is C21H26N2O2. The zero-order chi connectivity index (χ0) is 18.4. The Morgan fingerprint density at radius 1 is 1.00 bits per heavy atom. The van der Waals surface area contributed by atoms with E-state index in [1.165, 1.54) is 0 Å². The zero-order valence-corrected chi connectivity index (χ0v) is 15.4. The van der Waals surface area contributed by atoms with E-state index in [0.29, 0.717) is 6.54 Å². The molecule has 0 aliphatic heterocycles. The van der Waals surface area contributed by atoms with Gasteiger partial charge in [-0.25, -0.2) is 0 Å². The number of likely N-dealkylation sites (N-methyl/N-ethyl adjacent to an activating group) is 1. The van der Waals surface area contributed by atoms with Crippen molar-refractivity contribution in [3.63, 3.8) is 0 Å². The second-order valence-corrected chi connectivity index (χ2v) is 6.47. The minimum absolute atomic E-state index is 0.0510. The van der Waals surface area contributed by atoms with Gasteiger partial charge in [-0.3, -0.25) is 9.59 Å². The normalized spacial score (nSPS) is 11.7. The molecule has 25 heavy (non-hydrogen) atoms. The average Bonchev–Trinajstić information content (AvgIpc) is 2.58. The van der Waals surface area contributed by atoms with E-state index in [9.17, 15) is 9.59 Å². The van der Waals surface area contributed by atoms with Crippen LogP contribution in [-0.2, 0) is 22.6 Å². The van der Waals surface area contributed by atoms with Gasteiger partial charge in [-0.15, -0.1) is 0 Å². The maximum atomic E-state index is 12.9. The number of aryl methyl sites for hydroxylation is 2. The highest BCUT2D eigenvalue weighted by molar-refractivity contribution is 5.88. The molecule has 0 radical (unpaired) electrons. The van der Waals surface area contributed by atoms with Gasteiger partial charge in [0.05, 0.1) is 6.42 Å². The van der Waals surface area contributed by atoms with Gasteiger partial charge in [-0.05, 0) is 31.9 Å². The molecule has 0 saturated carbocycles. The molecule has 0 unspecified atom stereocenters. The second-order valence-electron chi connectivity index (χ2n) is 6.47. The third-order valence-electron chi connectivity index (χ3n) is 4.25. The van der Waals surface area contributed by atoms with Crippen LogP contribution in [0.2, 0.25) is 0 Å². The van der Waals surface area contributed by atoms with Crippen LogP contribution in [0.4, 0.5) is 0 Å². The standard InChI is InChI=1S/C21H26N2O2/c1-15-10-16(2)12-19(11-15)13-20(24)23(17(3)21(25)22-4)14-18-8-6-5-7-9-18/h5-12,17H,13-14H2,1-4H3,(H,22,25)/t17-/m0/s1. The van der Waals surface area contributed by atoms with E-state index in [4.69, 9.17) is 0 Å². The molecule has 0 saturated heterocycles. The van der Waals surface area contributed by atoms with Crippen molar-refractivity contribution in [2.24, 2.45) is 0 Å². The first-order valence-electron chi connectivity index (χ1n) is 8.53. The van der Waals surface area contributed by atoms with Crippen LogP contribution in [0.25, 0.3) is 0 Å². The molecule has 1 N–H and O–H groups in total. The highest BCUT2D eigenvalue weighted by atomic mass is 16.2. The lowest BCUT2D eigenvalue weighted by Gasteiger charge is -2.28. The highest BCUT2D eigenvalue weighted by Crippen LogP contribution is 2.14. The van der Waals surface area contributed by atoms with Crippen LogP contribution < -0.4 is 5.32 Å². The predicted molar refractivity (Wildman–Crippen MR) is 100 cm³/mol. The van der Waals surface area contributed by atoms with E-state index in [1.807, 2.05) is 56.3 Å². The third-order valence-corrected chi connectivity index (χ3v) is 4.25. The summed E-state index contributed by atoms with van der Waals surface area (Å²) in [5.74, 6) is -0.213. The first-order chi connectivity index (χ1) is 11.9. The number of nitrogens with one attached hydrogen (secondary N) is 1. The molecule has 2 aromatic carbocycles. The van der Waals surface area contributed by atoms with Crippen molar-refractivity contribution in [3.05, 3.63) is 70.8 Å². The molecule has 0 spiro atoms. The third kappa shape index (κ3) is 5.18. The summed E-state index contributed by atoms with van der Waals surface area (Å²) in [6.45, 7) is 6.23. The highest BCUT2D eigenvalue weighted by Gasteiger charge is 2.25. The molecule has 2 aromatic rings. The van der Waals surface area contributed by atoms with Crippen molar-refractivity contribution in [1.82, 2.24) is 10.2 Å². The Morgan fingerprint density at radius 3 is 2.16 bits per heavy atom. The predicted octanol–water partition coefficient (Wildman–Crippen LogP) is 3.01. The molecule has 4 nitrogen and oxygen atoms in total. The summed E-state index contributed by atoms with van der Waals surface area (Å²) in [5.41, 5.74) is 4.25. The van der Waals surface area contributed by atoms with Gasteiger partial charge in [-0.1, -0.05) is 59.7 Å². The van der Waals surface area contributed by atoms with E-state index < -0.39 is 6.04 Å². The molecule has 0 bridgehead atoms. The van der Waals surface area contributed by atoms with Gasteiger partial charge < -0.3 is 10.2 Å². The molecule has 2 rings (SSSR count). The Balaban J connectivity index is 2.23. The van der Waals surface area contributed by atoms with Crippen LogP contribution in [-0.4, -0.2) is 29.8 Å². The second kappa shape index (κ2) is 8.47. The minimum atomic E-state index is -0.524. The molecule has 1 atom stereocenters. The van der Waals surface area contributed by atoms with Crippen molar-refractivity contribution < 1.29 is 9.59 Å². The molecule has 0 fully saturated rings. The Labute approximate surface area is 149 Å². The van der Waals surface area contributed by atoms with Gasteiger partial charge >= 0.3 is 0 Å². The first-order valence-corrected chi connectivity index (χ1v) is 8.53. The molecular weight excluding hydrogens is 312 g/mol. The lowest BCUT2D eigenvalue weighted by molar-refractivity contribution is -0.139. The summed E-state index contributed by atoms with van der Waals surface area (Å²) in [6, 6.07) is 15.4. The van der Waals surface area contributed by atoms with Gasteiger partial charge in [0.25, 0.3) is 0 Å². The molecule has 132 valence electrons. The number of amides is 2. The summed E-state index contributed by atoms with van der Waals surface area (Å²) in [7, 11) is 1.59. The van der Waals surface area contributed by atoms with Crippen LogP contribution in [0.1, 0.15) is 29.2 Å². The maximum absolute atomic E-state index is 12.9. The number of carbonyl (C=O) groups is 2. The monoisotopic (exact) mass is 338 g/mol. The topological polar surface area (TPSA) is 49.4 Å². The summed E-state index contributed by atoms with van der Waals surface area (Å²) >= 11 is 0. The minimum Gasteiger partial charge on any atom is -0.357 e. The molecule has 0 aliphatic rings. The average molecular weight is 338 g/mol. The number of nitrogens with zero attached hydrogens (tertiary/aromatic N) is 1. The van der Waals surface area contributed by atoms with E-state index >= 15 is 0 Å². The molecule has 0 heterocycles. The number of benzene rings is 2. The van der Waals surface area contributed by atoms with Gasteiger partial charge in [0.15, 0.2) is 0 Å². The van der Waals surface area contributed by atoms with Crippen LogP contribution in [0.5, 0.6) is 0 Å². The van der Waals surface area contributed by atoms with Crippen LogP contribution in [0, 0.1) is 13.8 Å². The summed E-state index contributed by atoms with van der Waals surface area (Å²) in [5, 5.41) is 2.64. The van der Waals surface area contributed by atoms with Gasteiger partial charge in [0.2, 0.25) is 11.8 Å². The Kier molecular flexibility index (Phi) is 6.34. The van der Waals surface area contributed by atoms with Gasteiger partial charge in [-0.2, -0.15) is 0 Å². The Bertz CT molecular complexity index is 721. The fourth-order valence-electron chi connectivity index (χ4n) is 3.02. The lowest BCUT2D eigenvalue weighted by atomic mass is 10.0. The fourth-order valence-corrected chi connectivity index (χ4v) is 3.02. The summed E-state index contributed by atoms with van der Waals surface area (Å²) in [6.07, 6.45) is 0.288. The number of hydrogen-bond acceptors (Lipinski definition) is 2.